The second kappa shape index (κ2) is 14.9. The maximum atomic E-state index is 5.91. The van der Waals surface area contributed by atoms with Crippen molar-refractivity contribution in [3.8, 4) is 5.75 Å². The van der Waals surface area contributed by atoms with E-state index in [-0.39, 0.29) is 5.96 Å². The van der Waals surface area contributed by atoms with Crippen molar-refractivity contribution in [1.29, 1.82) is 0 Å². The molecule has 0 amide bonds. The topological polar surface area (TPSA) is 148 Å². The zero-order valence-electron chi connectivity index (χ0n) is 18.5. The van der Waals surface area contributed by atoms with Crippen LogP contribution in [0.1, 0.15) is 50.5 Å². The van der Waals surface area contributed by atoms with E-state index in [1.165, 1.54) is 6.42 Å². The Labute approximate surface area is 185 Å². The van der Waals surface area contributed by atoms with E-state index in [1.54, 1.807) is 0 Å². The summed E-state index contributed by atoms with van der Waals surface area (Å²) in [6.07, 6.45) is 7.45. The van der Waals surface area contributed by atoms with Crippen LogP contribution in [0.15, 0.2) is 39.2 Å². The lowest BCUT2D eigenvalue weighted by molar-refractivity contribution is 0.313. The van der Waals surface area contributed by atoms with Gasteiger partial charge < -0.3 is 32.6 Å². The first-order valence-corrected chi connectivity index (χ1v) is 11.3. The molecular weight excluding hydrogens is 392 g/mol. The minimum Gasteiger partial charge on any atom is -0.494 e. The van der Waals surface area contributed by atoms with E-state index in [9.17, 15) is 0 Å². The molecule has 0 saturated carbocycles. The number of guanidine groups is 2. The van der Waals surface area contributed by atoms with E-state index < -0.39 is 0 Å². The molecule has 0 aliphatic carbocycles. The first kappa shape index (κ1) is 24.3. The van der Waals surface area contributed by atoms with Crippen molar-refractivity contribution in [3.05, 3.63) is 29.8 Å². The molecule has 0 radical (unpaired) electrons. The summed E-state index contributed by atoms with van der Waals surface area (Å²) < 4.78 is 5.78. The van der Waals surface area contributed by atoms with Crippen LogP contribution < -0.4 is 32.6 Å². The van der Waals surface area contributed by atoms with Crippen molar-refractivity contribution >= 4 is 17.8 Å². The molecule has 1 aliphatic heterocycles. The predicted molar refractivity (Wildman–Crippen MR) is 129 cm³/mol. The second-order valence-corrected chi connectivity index (χ2v) is 7.51. The second-order valence-electron chi connectivity index (χ2n) is 7.51. The molecule has 1 aromatic carbocycles. The van der Waals surface area contributed by atoms with Gasteiger partial charge >= 0.3 is 0 Å². The number of nitrogens with two attached hydrogens (primary N) is 3. The fourth-order valence-electron chi connectivity index (χ4n) is 3.14. The highest BCUT2D eigenvalue weighted by Gasteiger charge is 2.06. The lowest BCUT2D eigenvalue weighted by Crippen LogP contribution is -2.32. The molecule has 0 saturated heterocycles. The molecular formula is C22H38N8O. The number of ether oxygens (including phenoxy) is 1. The van der Waals surface area contributed by atoms with E-state index in [2.05, 4.69) is 25.6 Å². The molecule has 1 aromatic rings. The minimum absolute atomic E-state index is 0.169. The molecule has 0 unspecified atom stereocenters. The fourth-order valence-corrected chi connectivity index (χ4v) is 3.14. The molecule has 0 aromatic heterocycles. The Bertz CT molecular complexity index is 711. The molecule has 172 valence electrons. The molecule has 0 bridgehead atoms. The number of aliphatic imine (C=N–C) groups is 3. The van der Waals surface area contributed by atoms with Gasteiger partial charge in [0.15, 0.2) is 11.9 Å². The third-order valence-corrected chi connectivity index (χ3v) is 4.81. The first-order valence-electron chi connectivity index (χ1n) is 11.3. The van der Waals surface area contributed by atoms with Gasteiger partial charge in [0.05, 0.1) is 6.61 Å². The summed E-state index contributed by atoms with van der Waals surface area (Å²) in [4.78, 5) is 12.8. The monoisotopic (exact) mass is 430 g/mol. The van der Waals surface area contributed by atoms with Crippen molar-refractivity contribution in [1.82, 2.24) is 10.6 Å². The number of rotatable bonds is 14. The highest BCUT2D eigenvalue weighted by molar-refractivity contribution is 5.99. The Balaban J connectivity index is 1.48. The third-order valence-electron chi connectivity index (χ3n) is 4.81. The van der Waals surface area contributed by atoms with Gasteiger partial charge in [-0.1, -0.05) is 19.3 Å². The van der Waals surface area contributed by atoms with E-state index in [0.29, 0.717) is 25.7 Å². The van der Waals surface area contributed by atoms with Crippen molar-refractivity contribution in [2.45, 2.75) is 44.9 Å². The van der Waals surface area contributed by atoms with Crippen LogP contribution in [0.25, 0.3) is 0 Å². The smallest absolute Gasteiger partial charge is 0.188 e. The molecule has 1 aliphatic rings. The normalized spacial score (nSPS) is 13.8. The molecule has 1 heterocycles. The quantitative estimate of drug-likeness (QED) is 0.171. The van der Waals surface area contributed by atoms with Crippen LogP contribution in [-0.2, 0) is 0 Å². The van der Waals surface area contributed by atoms with Crippen LogP contribution in [0, 0.1) is 0 Å². The highest BCUT2D eigenvalue weighted by atomic mass is 16.5. The summed E-state index contributed by atoms with van der Waals surface area (Å²) in [6.45, 7) is 4.67. The number of unbranched alkanes of at least 4 members (excludes halogenated alkanes) is 4. The van der Waals surface area contributed by atoms with Crippen LogP contribution in [0.5, 0.6) is 5.75 Å². The fraction of sp³-hybridized carbons (Fsp3) is 0.591. The number of hydrogen-bond acceptors (Lipinski definition) is 5. The summed E-state index contributed by atoms with van der Waals surface area (Å²) in [6, 6.07) is 8.04. The Kier molecular flexibility index (Phi) is 11.7. The van der Waals surface area contributed by atoms with Crippen molar-refractivity contribution in [2.24, 2.45) is 32.2 Å². The SMILES string of the molecule is NC(N)=NCCCCCCCNC(N)=NCCCOc1ccc(C2=NCCCN2)cc1. The maximum Gasteiger partial charge on any atom is 0.188 e. The molecule has 0 spiro atoms. The Morgan fingerprint density at radius 2 is 1.71 bits per heavy atom. The molecule has 9 nitrogen and oxygen atoms in total. The van der Waals surface area contributed by atoms with Crippen LogP contribution in [-0.4, -0.2) is 57.1 Å². The Morgan fingerprint density at radius 1 is 0.968 bits per heavy atom. The predicted octanol–water partition coefficient (Wildman–Crippen LogP) is 1.32. The molecule has 2 rings (SSSR count). The van der Waals surface area contributed by atoms with Gasteiger partial charge in [0.25, 0.3) is 0 Å². The van der Waals surface area contributed by atoms with Gasteiger partial charge in [-0.15, -0.1) is 0 Å². The molecule has 31 heavy (non-hydrogen) atoms. The minimum atomic E-state index is 0.169. The zero-order valence-corrected chi connectivity index (χ0v) is 18.5. The number of benzene rings is 1. The number of nitrogens with zero attached hydrogens (tertiary/aromatic N) is 3. The Hall–Kier alpha value is -2.97. The van der Waals surface area contributed by atoms with Gasteiger partial charge in [0.1, 0.15) is 11.6 Å². The molecule has 8 N–H and O–H groups in total. The van der Waals surface area contributed by atoms with Gasteiger partial charge in [-0.05, 0) is 43.5 Å². The average molecular weight is 431 g/mol. The van der Waals surface area contributed by atoms with Crippen molar-refractivity contribution < 1.29 is 4.74 Å². The maximum absolute atomic E-state index is 5.91. The van der Waals surface area contributed by atoms with E-state index in [1.807, 2.05) is 24.3 Å². The zero-order chi connectivity index (χ0) is 22.2. The summed E-state index contributed by atoms with van der Waals surface area (Å²) in [5.41, 5.74) is 17.6. The van der Waals surface area contributed by atoms with Crippen LogP contribution in [0.2, 0.25) is 0 Å². The summed E-state index contributed by atoms with van der Waals surface area (Å²) >= 11 is 0. The Morgan fingerprint density at radius 3 is 2.45 bits per heavy atom. The third kappa shape index (κ3) is 11.1. The van der Waals surface area contributed by atoms with Gasteiger partial charge in [-0.25, -0.2) is 0 Å². The first-order chi connectivity index (χ1) is 15.1. The highest BCUT2D eigenvalue weighted by Crippen LogP contribution is 2.13. The lowest BCUT2D eigenvalue weighted by atomic mass is 10.1. The van der Waals surface area contributed by atoms with E-state index in [4.69, 9.17) is 21.9 Å². The number of amidine groups is 1. The molecule has 0 atom stereocenters. The summed E-state index contributed by atoms with van der Waals surface area (Å²) in [5, 5.41) is 6.49. The number of hydrogen-bond donors (Lipinski definition) is 5. The van der Waals surface area contributed by atoms with Gasteiger partial charge in [-0.2, -0.15) is 0 Å². The summed E-state index contributed by atoms with van der Waals surface area (Å²) in [5.74, 6) is 2.49. The number of nitrogens with one attached hydrogen (secondary N) is 2. The van der Waals surface area contributed by atoms with Gasteiger partial charge in [0.2, 0.25) is 0 Å². The molecule has 0 fully saturated rings. The largest absolute Gasteiger partial charge is 0.494 e. The standard InChI is InChI=1S/C22H38N8O/c23-21(24)28-12-4-2-1-3-5-13-29-22(25)30-16-7-17-31-19-10-8-18(9-11-19)20-26-14-6-15-27-20/h8-11H,1-7,12-17H2,(H,26,27)(H4,23,24,28)(H3,25,29,30). The summed E-state index contributed by atoms with van der Waals surface area (Å²) in [7, 11) is 0. The molecule has 9 heteroatoms. The average Bonchev–Trinajstić information content (AvgIpc) is 2.78. The van der Waals surface area contributed by atoms with Crippen molar-refractivity contribution in [2.75, 3.05) is 39.3 Å². The lowest BCUT2D eigenvalue weighted by Gasteiger charge is -2.15. The van der Waals surface area contributed by atoms with E-state index in [0.717, 1.165) is 75.3 Å². The van der Waals surface area contributed by atoms with Crippen molar-refractivity contribution in [3.63, 3.8) is 0 Å². The van der Waals surface area contributed by atoms with Gasteiger partial charge in [0, 0.05) is 44.7 Å². The van der Waals surface area contributed by atoms with E-state index >= 15 is 0 Å². The van der Waals surface area contributed by atoms with Gasteiger partial charge in [-0.3, -0.25) is 15.0 Å². The van der Waals surface area contributed by atoms with Crippen LogP contribution in [0.3, 0.4) is 0 Å². The van der Waals surface area contributed by atoms with Crippen LogP contribution in [0.4, 0.5) is 0 Å². The van der Waals surface area contributed by atoms with Crippen LogP contribution >= 0.6 is 0 Å².